The summed E-state index contributed by atoms with van der Waals surface area (Å²) in [6.45, 7) is 1.95. The molecule has 0 aliphatic heterocycles. The molecule has 0 heterocycles. The van der Waals surface area contributed by atoms with Gasteiger partial charge in [0.15, 0.2) is 0 Å². The van der Waals surface area contributed by atoms with Crippen LogP contribution in [0.4, 0.5) is 4.39 Å². The number of aliphatic carboxylic acids is 1. The summed E-state index contributed by atoms with van der Waals surface area (Å²) in [6, 6.07) is 14.5. The Morgan fingerprint density at radius 3 is 2.48 bits per heavy atom. The molecule has 0 saturated carbocycles. The Kier molecular flexibility index (Phi) is 5.09. The maximum Gasteiger partial charge on any atom is 0.303 e. The van der Waals surface area contributed by atoms with Crippen LogP contribution in [-0.2, 0) is 11.2 Å². The molecule has 0 aromatic heterocycles. The number of carboxylic acids is 1. The minimum Gasteiger partial charge on any atom is -0.481 e. The number of benzene rings is 2. The molecule has 0 radical (unpaired) electrons. The molecular formula is C18H19FO2. The van der Waals surface area contributed by atoms with Crippen molar-refractivity contribution in [3.05, 3.63) is 59.9 Å². The maximum atomic E-state index is 13.2. The summed E-state index contributed by atoms with van der Waals surface area (Å²) in [5.41, 5.74) is 3.02. The van der Waals surface area contributed by atoms with Crippen LogP contribution in [0, 0.1) is 11.7 Å². The van der Waals surface area contributed by atoms with Gasteiger partial charge in [-0.25, -0.2) is 4.39 Å². The highest BCUT2D eigenvalue weighted by Gasteiger charge is 2.07. The molecule has 0 amide bonds. The predicted octanol–water partition coefficient (Wildman–Crippen LogP) is 4.54. The normalized spacial score (nSPS) is 12.1. The van der Waals surface area contributed by atoms with E-state index in [2.05, 4.69) is 0 Å². The van der Waals surface area contributed by atoms with Crippen molar-refractivity contribution in [2.75, 3.05) is 0 Å². The zero-order valence-electron chi connectivity index (χ0n) is 12.1. The SMILES string of the molecule is CC(CCc1ccc(-c2cccc(F)c2)cc1)CC(=O)O. The maximum absolute atomic E-state index is 13.2. The van der Waals surface area contributed by atoms with Crippen molar-refractivity contribution in [1.82, 2.24) is 0 Å². The Bertz CT molecular complexity index is 605. The first-order valence-electron chi connectivity index (χ1n) is 7.11. The lowest BCUT2D eigenvalue weighted by molar-refractivity contribution is -0.138. The molecular weight excluding hydrogens is 267 g/mol. The van der Waals surface area contributed by atoms with E-state index in [4.69, 9.17) is 5.11 Å². The average molecular weight is 286 g/mol. The van der Waals surface area contributed by atoms with Gasteiger partial charge in [-0.15, -0.1) is 0 Å². The molecule has 110 valence electrons. The van der Waals surface area contributed by atoms with Crippen LogP contribution >= 0.6 is 0 Å². The van der Waals surface area contributed by atoms with Crippen LogP contribution in [0.5, 0.6) is 0 Å². The highest BCUT2D eigenvalue weighted by atomic mass is 19.1. The zero-order chi connectivity index (χ0) is 15.2. The van der Waals surface area contributed by atoms with Crippen LogP contribution in [0.25, 0.3) is 11.1 Å². The highest BCUT2D eigenvalue weighted by Crippen LogP contribution is 2.21. The highest BCUT2D eigenvalue weighted by molar-refractivity contribution is 5.67. The number of halogens is 1. The van der Waals surface area contributed by atoms with Crippen LogP contribution in [0.1, 0.15) is 25.3 Å². The predicted molar refractivity (Wildman–Crippen MR) is 81.6 cm³/mol. The van der Waals surface area contributed by atoms with Gasteiger partial charge >= 0.3 is 5.97 Å². The summed E-state index contributed by atoms with van der Waals surface area (Å²) in [4.78, 5) is 10.6. The van der Waals surface area contributed by atoms with Crippen molar-refractivity contribution in [2.24, 2.45) is 5.92 Å². The summed E-state index contributed by atoms with van der Waals surface area (Å²) in [7, 11) is 0. The van der Waals surface area contributed by atoms with Crippen LogP contribution in [-0.4, -0.2) is 11.1 Å². The molecule has 2 aromatic carbocycles. The van der Waals surface area contributed by atoms with Crippen LogP contribution in [0.2, 0.25) is 0 Å². The van der Waals surface area contributed by atoms with Gasteiger partial charge in [-0.05, 0) is 47.6 Å². The van der Waals surface area contributed by atoms with Gasteiger partial charge in [-0.1, -0.05) is 43.3 Å². The van der Waals surface area contributed by atoms with Gasteiger partial charge in [0, 0.05) is 6.42 Å². The third-order valence-electron chi connectivity index (χ3n) is 3.56. The number of carbonyl (C=O) groups is 1. The summed E-state index contributed by atoms with van der Waals surface area (Å²) >= 11 is 0. The molecule has 1 N–H and O–H groups in total. The molecule has 1 unspecified atom stereocenters. The number of carboxylic acid groups (broad SMARTS) is 1. The summed E-state index contributed by atoms with van der Waals surface area (Å²) in [5, 5.41) is 8.74. The van der Waals surface area contributed by atoms with Crippen molar-refractivity contribution in [2.45, 2.75) is 26.2 Å². The van der Waals surface area contributed by atoms with Gasteiger partial charge < -0.3 is 5.11 Å². The number of hydrogen-bond acceptors (Lipinski definition) is 1. The van der Waals surface area contributed by atoms with E-state index in [1.165, 1.54) is 17.7 Å². The molecule has 2 rings (SSSR count). The van der Waals surface area contributed by atoms with E-state index >= 15 is 0 Å². The van der Waals surface area contributed by atoms with Gasteiger partial charge in [0.25, 0.3) is 0 Å². The number of rotatable bonds is 6. The fourth-order valence-electron chi connectivity index (χ4n) is 2.35. The largest absolute Gasteiger partial charge is 0.481 e. The molecule has 21 heavy (non-hydrogen) atoms. The standard InChI is InChI=1S/C18H19FO2/c1-13(11-18(20)21)5-6-14-7-9-15(10-8-14)16-3-2-4-17(19)12-16/h2-4,7-10,12-13H,5-6,11H2,1H3,(H,20,21). The van der Waals surface area contributed by atoms with Crippen molar-refractivity contribution in [3.8, 4) is 11.1 Å². The fourth-order valence-corrected chi connectivity index (χ4v) is 2.35. The van der Waals surface area contributed by atoms with Crippen LogP contribution < -0.4 is 0 Å². The molecule has 2 nitrogen and oxygen atoms in total. The second-order valence-electron chi connectivity index (χ2n) is 5.45. The third kappa shape index (κ3) is 4.71. The van der Waals surface area contributed by atoms with Gasteiger partial charge in [0.05, 0.1) is 0 Å². The topological polar surface area (TPSA) is 37.3 Å². The minimum atomic E-state index is -0.746. The molecule has 0 saturated heterocycles. The van der Waals surface area contributed by atoms with Crippen molar-refractivity contribution in [3.63, 3.8) is 0 Å². The van der Waals surface area contributed by atoms with E-state index in [0.717, 1.165) is 24.0 Å². The second-order valence-corrected chi connectivity index (χ2v) is 5.45. The first-order valence-corrected chi connectivity index (χ1v) is 7.11. The monoisotopic (exact) mass is 286 g/mol. The second kappa shape index (κ2) is 7.02. The van der Waals surface area contributed by atoms with E-state index in [0.29, 0.717) is 0 Å². The molecule has 1 atom stereocenters. The van der Waals surface area contributed by atoms with Crippen molar-refractivity contribution in [1.29, 1.82) is 0 Å². The molecule has 3 heteroatoms. The Hall–Kier alpha value is -2.16. The summed E-state index contributed by atoms with van der Waals surface area (Å²) < 4.78 is 13.2. The van der Waals surface area contributed by atoms with Gasteiger partial charge in [0.2, 0.25) is 0 Å². The van der Waals surface area contributed by atoms with Gasteiger partial charge in [-0.3, -0.25) is 4.79 Å². The van der Waals surface area contributed by atoms with Gasteiger partial charge in [0.1, 0.15) is 5.82 Å². The molecule has 0 aliphatic carbocycles. The molecule has 2 aromatic rings. The Labute approximate surface area is 124 Å². The quantitative estimate of drug-likeness (QED) is 0.846. The van der Waals surface area contributed by atoms with Crippen LogP contribution in [0.3, 0.4) is 0 Å². The van der Waals surface area contributed by atoms with E-state index in [9.17, 15) is 9.18 Å². The molecule has 0 fully saturated rings. The first kappa shape index (κ1) is 15.2. The van der Waals surface area contributed by atoms with E-state index in [1.807, 2.05) is 37.3 Å². The summed E-state index contributed by atoms with van der Waals surface area (Å²) in [5.74, 6) is -0.812. The Morgan fingerprint density at radius 1 is 1.14 bits per heavy atom. The Morgan fingerprint density at radius 2 is 1.86 bits per heavy atom. The van der Waals surface area contributed by atoms with Crippen LogP contribution in [0.15, 0.2) is 48.5 Å². The average Bonchev–Trinajstić information content (AvgIpc) is 2.45. The molecule has 0 spiro atoms. The number of hydrogen-bond donors (Lipinski definition) is 1. The van der Waals surface area contributed by atoms with E-state index < -0.39 is 5.97 Å². The Balaban J connectivity index is 1.97. The fraction of sp³-hybridized carbons (Fsp3) is 0.278. The van der Waals surface area contributed by atoms with Crippen molar-refractivity contribution >= 4 is 5.97 Å². The minimum absolute atomic E-state index is 0.172. The van der Waals surface area contributed by atoms with E-state index in [-0.39, 0.29) is 18.2 Å². The third-order valence-corrected chi connectivity index (χ3v) is 3.56. The smallest absolute Gasteiger partial charge is 0.303 e. The number of aryl methyl sites for hydroxylation is 1. The van der Waals surface area contributed by atoms with Crippen molar-refractivity contribution < 1.29 is 14.3 Å². The lowest BCUT2D eigenvalue weighted by Crippen LogP contribution is -2.05. The lowest BCUT2D eigenvalue weighted by Gasteiger charge is -2.09. The van der Waals surface area contributed by atoms with Gasteiger partial charge in [-0.2, -0.15) is 0 Å². The zero-order valence-corrected chi connectivity index (χ0v) is 12.1. The lowest BCUT2D eigenvalue weighted by atomic mass is 9.97. The molecule has 0 bridgehead atoms. The summed E-state index contributed by atoms with van der Waals surface area (Å²) in [6.07, 6.45) is 1.92. The first-order chi connectivity index (χ1) is 10.0. The van der Waals surface area contributed by atoms with E-state index in [1.54, 1.807) is 6.07 Å². The molecule has 0 aliphatic rings.